The maximum atomic E-state index is 13.8. The zero-order chi connectivity index (χ0) is 18.1. The standard InChI is InChI=1S/C19H22F2N4O/c20-14-9-13-12-24(7-6-17(13)18(21)10-14)19(26)22-11-15-5-8-25(23-15)16-3-1-2-4-16/h5,8-10,16H,1-4,6-7,11-12H2,(H,22,26). The Morgan fingerprint density at radius 1 is 1.27 bits per heavy atom. The molecule has 26 heavy (non-hydrogen) atoms. The molecule has 0 unspecified atom stereocenters. The first-order valence-corrected chi connectivity index (χ1v) is 9.14. The number of aromatic nitrogens is 2. The highest BCUT2D eigenvalue weighted by Crippen LogP contribution is 2.28. The first-order chi connectivity index (χ1) is 12.6. The molecule has 2 aromatic rings. The molecule has 1 N–H and O–H groups in total. The third-order valence-corrected chi connectivity index (χ3v) is 5.32. The van der Waals surface area contributed by atoms with Gasteiger partial charge in [0.05, 0.1) is 18.3 Å². The molecule has 1 aliphatic heterocycles. The van der Waals surface area contributed by atoms with Crippen LogP contribution in [-0.4, -0.2) is 27.3 Å². The molecule has 0 radical (unpaired) electrons. The van der Waals surface area contributed by atoms with Crippen molar-refractivity contribution in [3.8, 4) is 0 Å². The van der Waals surface area contributed by atoms with Crippen molar-refractivity contribution in [2.75, 3.05) is 6.54 Å². The number of halogens is 2. The summed E-state index contributed by atoms with van der Waals surface area (Å²) in [6, 6.07) is 4.36. The Labute approximate surface area is 151 Å². The van der Waals surface area contributed by atoms with Crippen molar-refractivity contribution >= 4 is 6.03 Å². The Bertz CT molecular complexity index is 814. The average Bonchev–Trinajstić information content (AvgIpc) is 3.30. The quantitative estimate of drug-likeness (QED) is 0.910. The van der Waals surface area contributed by atoms with E-state index in [0.29, 0.717) is 36.7 Å². The Hall–Kier alpha value is -2.44. The summed E-state index contributed by atoms with van der Waals surface area (Å²) in [5, 5.41) is 7.41. The van der Waals surface area contributed by atoms with Crippen molar-refractivity contribution in [2.45, 2.75) is 51.2 Å². The molecule has 1 fully saturated rings. The molecule has 5 nitrogen and oxygen atoms in total. The van der Waals surface area contributed by atoms with Gasteiger partial charge in [0.25, 0.3) is 0 Å². The molecule has 0 bridgehead atoms. The van der Waals surface area contributed by atoms with E-state index >= 15 is 0 Å². The Kier molecular flexibility index (Phi) is 4.61. The second-order valence-corrected chi connectivity index (χ2v) is 7.08. The van der Waals surface area contributed by atoms with E-state index in [0.717, 1.165) is 24.6 Å². The molecule has 1 aliphatic carbocycles. The van der Waals surface area contributed by atoms with Gasteiger partial charge >= 0.3 is 6.03 Å². The lowest BCUT2D eigenvalue weighted by Crippen LogP contribution is -2.42. The van der Waals surface area contributed by atoms with Crippen LogP contribution in [-0.2, 0) is 19.5 Å². The van der Waals surface area contributed by atoms with Gasteiger partial charge in [-0.15, -0.1) is 0 Å². The van der Waals surface area contributed by atoms with Crippen molar-refractivity contribution in [1.29, 1.82) is 0 Å². The third kappa shape index (κ3) is 3.43. The van der Waals surface area contributed by atoms with E-state index in [2.05, 4.69) is 10.4 Å². The SMILES string of the molecule is O=C(NCc1ccn(C2CCCC2)n1)N1CCc2c(F)cc(F)cc2C1. The van der Waals surface area contributed by atoms with Crippen molar-refractivity contribution in [1.82, 2.24) is 20.0 Å². The summed E-state index contributed by atoms with van der Waals surface area (Å²) >= 11 is 0. The average molecular weight is 360 g/mol. The molecule has 138 valence electrons. The van der Waals surface area contributed by atoms with Crippen LogP contribution in [0, 0.1) is 11.6 Å². The number of fused-ring (bicyclic) bond motifs is 1. The number of carbonyl (C=O) groups excluding carboxylic acids is 1. The van der Waals surface area contributed by atoms with Gasteiger partial charge in [-0.25, -0.2) is 13.6 Å². The van der Waals surface area contributed by atoms with Gasteiger partial charge in [0.2, 0.25) is 0 Å². The second-order valence-electron chi connectivity index (χ2n) is 7.08. The van der Waals surface area contributed by atoms with E-state index in [9.17, 15) is 13.6 Å². The van der Waals surface area contributed by atoms with E-state index in [1.165, 1.54) is 18.9 Å². The number of rotatable bonds is 3. The van der Waals surface area contributed by atoms with Crippen molar-refractivity contribution < 1.29 is 13.6 Å². The lowest BCUT2D eigenvalue weighted by molar-refractivity contribution is 0.191. The Balaban J connectivity index is 1.35. The number of carbonyl (C=O) groups is 1. The molecule has 0 saturated heterocycles. The smallest absolute Gasteiger partial charge is 0.318 e. The zero-order valence-electron chi connectivity index (χ0n) is 14.5. The first kappa shape index (κ1) is 17.0. The van der Waals surface area contributed by atoms with Crippen molar-refractivity contribution in [2.24, 2.45) is 0 Å². The molecular formula is C19H22F2N4O. The van der Waals surface area contributed by atoms with Gasteiger partial charge in [-0.2, -0.15) is 5.10 Å². The summed E-state index contributed by atoms with van der Waals surface area (Å²) in [4.78, 5) is 14.0. The second kappa shape index (κ2) is 7.05. The topological polar surface area (TPSA) is 50.2 Å². The van der Waals surface area contributed by atoms with Crippen molar-refractivity contribution in [3.05, 3.63) is 52.9 Å². The predicted molar refractivity (Wildman–Crippen MR) is 92.4 cm³/mol. The van der Waals surface area contributed by atoms with Crippen molar-refractivity contribution in [3.63, 3.8) is 0 Å². The Morgan fingerprint density at radius 3 is 2.88 bits per heavy atom. The zero-order valence-corrected chi connectivity index (χ0v) is 14.5. The van der Waals surface area contributed by atoms with Crippen LogP contribution >= 0.6 is 0 Å². The summed E-state index contributed by atoms with van der Waals surface area (Å²) in [5.74, 6) is -1.14. The molecule has 2 amide bonds. The van der Waals surface area contributed by atoms with Gasteiger partial charge in [0.15, 0.2) is 0 Å². The van der Waals surface area contributed by atoms with Crippen LogP contribution in [0.25, 0.3) is 0 Å². The summed E-state index contributed by atoms with van der Waals surface area (Å²) in [6.07, 6.45) is 7.18. The number of hydrogen-bond donors (Lipinski definition) is 1. The number of nitrogens with one attached hydrogen (secondary N) is 1. The van der Waals surface area contributed by atoms with Gasteiger partial charge in [0.1, 0.15) is 11.6 Å². The molecule has 0 atom stereocenters. The highest BCUT2D eigenvalue weighted by atomic mass is 19.1. The minimum atomic E-state index is -0.610. The van der Waals surface area contributed by atoms with E-state index < -0.39 is 11.6 Å². The molecule has 1 aromatic carbocycles. The van der Waals surface area contributed by atoms with Gasteiger partial charge in [-0.3, -0.25) is 4.68 Å². The molecule has 1 aromatic heterocycles. The minimum Gasteiger partial charge on any atom is -0.332 e. The normalized spacial score (nSPS) is 17.4. The van der Waals surface area contributed by atoms with Crippen LogP contribution in [0.3, 0.4) is 0 Å². The monoisotopic (exact) mass is 360 g/mol. The number of amides is 2. The molecule has 4 rings (SSSR count). The molecule has 7 heteroatoms. The van der Waals surface area contributed by atoms with E-state index in [1.54, 1.807) is 4.90 Å². The van der Waals surface area contributed by atoms with E-state index in [-0.39, 0.29) is 12.6 Å². The molecule has 1 saturated carbocycles. The van der Waals surface area contributed by atoms with Gasteiger partial charge in [0, 0.05) is 25.4 Å². The van der Waals surface area contributed by atoms with Crippen LogP contribution in [0.2, 0.25) is 0 Å². The summed E-state index contributed by atoms with van der Waals surface area (Å²) in [6.45, 7) is 0.976. The lowest BCUT2D eigenvalue weighted by atomic mass is 9.99. The highest BCUT2D eigenvalue weighted by molar-refractivity contribution is 5.74. The number of nitrogens with zero attached hydrogens (tertiary/aromatic N) is 3. The fraction of sp³-hybridized carbons (Fsp3) is 0.474. The minimum absolute atomic E-state index is 0.215. The lowest BCUT2D eigenvalue weighted by Gasteiger charge is -2.29. The fourth-order valence-corrected chi connectivity index (χ4v) is 3.90. The summed E-state index contributed by atoms with van der Waals surface area (Å²) in [5.41, 5.74) is 1.86. The highest BCUT2D eigenvalue weighted by Gasteiger charge is 2.24. The number of benzene rings is 1. The maximum absolute atomic E-state index is 13.8. The largest absolute Gasteiger partial charge is 0.332 e. The first-order valence-electron chi connectivity index (χ1n) is 9.14. The van der Waals surface area contributed by atoms with Crippen LogP contribution < -0.4 is 5.32 Å². The van der Waals surface area contributed by atoms with Gasteiger partial charge in [-0.05, 0) is 42.5 Å². The molecule has 2 heterocycles. The van der Waals surface area contributed by atoms with Crippen LogP contribution in [0.5, 0.6) is 0 Å². The van der Waals surface area contributed by atoms with Crippen LogP contribution in [0.15, 0.2) is 24.4 Å². The molecule has 2 aliphatic rings. The Morgan fingerprint density at radius 2 is 2.08 bits per heavy atom. The van der Waals surface area contributed by atoms with Gasteiger partial charge < -0.3 is 10.2 Å². The predicted octanol–water partition coefficient (Wildman–Crippen LogP) is 3.54. The fourth-order valence-electron chi connectivity index (χ4n) is 3.90. The van der Waals surface area contributed by atoms with E-state index in [4.69, 9.17) is 0 Å². The van der Waals surface area contributed by atoms with E-state index in [1.807, 2.05) is 16.9 Å². The van der Waals surface area contributed by atoms with Gasteiger partial charge in [-0.1, -0.05) is 12.8 Å². The molecular weight excluding hydrogens is 338 g/mol. The third-order valence-electron chi connectivity index (χ3n) is 5.32. The summed E-state index contributed by atoms with van der Waals surface area (Å²) in [7, 11) is 0. The maximum Gasteiger partial charge on any atom is 0.318 e. The number of urea groups is 1. The summed E-state index contributed by atoms with van der Waals surface area (Å²) < 4.78 is 29.2. The van der Waals surface area contributed by atoms with Crippen LogP contribution in [0.1, 0.15) is 48.5 Å². The molecule has 0 spiro atoms. The number of hydrogen-bond acceptors (Lipinski definition) is 2. The van der Waals surface area contributed by atoms with Crippen LogP contribution in [0.4, 0.5) is 13.6 Å².